The summed E-state index contributed by atoms with van der Waals surface area (Å²) in [6, 6.07) is 1.47. The average molecular weight is 239 g/mol. The second-order valence-corrected chi connectivity index (χ2v) is 4.12. The third-order valence-electron chi connectivity index (χ3n) is 2.93. The molecule has 2 rings (SSSR count). The molecular formula is C11H17N3O3. The lowest BCUT2D eigenvalue weighted by molar-refractivity contribution is -0.143. The van der Waals surface area contributed by atoms with Crippen LogP contribution < -0.4 is 0 Å². The summed E-state index contributed by atoms with van der Waals surface area (Å²) >= 11 is 0. The molecular weight excluding hydrogens is 222 g/mol. The first-order valence-corrected chi connectivity index (χ1v) is 5.72. The van der Waals surface area contributed by atoms with Crippen molar-refractivity contribution < 1.29 is 14.6 Å². The van der Waals surface area contributed by atoms with Gasteiger partial charge in [0.15, 0.2) is 0 Å². The van der Waals surface area contributed by atoms with Crippen molar-refractivity contribution in [3.05, 3.63) is 18.5 Å². The molecule has 0 spiro atoms. The van der Waals surface area contributed by atoms with E-state index in [1.54, 1.807) is 28.0 Å². The van der Waals surface area contributed by atoms with Crippen molar-refractivity contribution in [3.63, 3.8) is 0 Å². The molecule has 0 aliphatic carbocycles. The number of aliphatic hydroxyl groups is 1. The standard InChI is InChI=1S/C11H17N3O3/c1-9(14-4-2-3-12-14)11(16)13-5-6-17-10(7-13)8-15/h2-4,9-10,15H,5-8H2,1H3. The van der Waals surface area contributed by atoms with Crippen molar-refractivity contribution in [1.82, 2.24) is 14.7 Å². The van der Waals surface area contributed by atoms with E-state index in [0.717, 1.165) is 0 Å². The van der Waals surface area contributed by atoms with Crippen LogP contribution in [-0.2, 0) is 9.53 Å². The van der Waals surface area contributed by atoms with E-state index in [4.69, 9.17) is 9.84 Å². The third-order valence-corrected chi connectivity index (χ3v) is 2.93. The number of carbonyl (C=O) groups is 1. The molecule has 0 aromatic carbocycles. The number of nitrogens with zero attached hydrogens (tertiary/aromatic N) is 3. The highest BCUT2D eigenvalue weighted by Crippen LogP contribution is 2.12. The number of morpholine rings is 1. The zero-order valence-corrected chi connectivity index (χ0v) is 9.82. The van der Waals surface area contributed by atoms with Crippen molar-refractivity contribution >= 4 is 5.91 Å². The van der Waals surface area contributed by atoms with E-state index in [-0.39, 0.29) is 24.7 Å². The highest BCUT2D eigenvalue weighted by Gasteiger charge is 2.27. The Kier molecular flexibility index (Phi) is 3.75. The van der Waals surface area contributed by atoms with Crippen LogP contribution in [-0.4, -0.2) is 58.1 Å². The van der Waals surface area contributed by atoms with E-state index in [0.29, 0.717) is 19.7 Å². The summed E-state index contributed by atoms with van der Waals surface area (Å²) in [4.78, 5) is 13.9. The largest absolute Gasteiger partial charge is 0.394 e. The van der Waals surface area contributed by atoms with Crippen LogP contribution in [0, 0.1) is 0 Å². The fraction of sp³-hybridized carbons (Fsp3) is 0.636. The van der Waals surface area contributed by atoms with Gasteiger partial charge in [0.25, 0.3) is 0 Å². The first-order valence-electron chi connectivity index (χ1n) is 5.72. The first-order chi connectivity index (χ1) is 8.22. The molecule has 0 bridgehead atoms. The normalized spacial score (nSPS) is 22.5. The zero-order chi connectivity index (χ0) is 12.3. The summed E-state index contributed by atoms with van der Waals surface area (Å²) in [5.74, 6) is 0.00968. The van der Waals surface area contributed by atoms with Crippen molar-refractivity contribution in [1.29, 1.82) is 0 Å². The van der Waals surface area contributed by atoms with E-state index in [1.807, 2.05) is 6.92 Å². The second-order valence-electron chi connectivity index (χ2n) is 4.12. The van der Waals surface area contributed by atoms with E-state index in [2.05, 4.69) is 5.10 Å². The summed E-state index contributed by atoms with van der Waals surface area (Å²) in [6.07, 6.45) is 3.16. The number of hydrogen-bond donors (Lipinski definition) is 1. The Bertz CT molecular complexity index is 366. The lowest BCUT2D eigenvalue weighted by Gasteiger charge is -2.33. The molecule has 1 amide bonds. The van der Waals surface area contributed by atoms with Gasteiger partial charge in [-0.25, -0.2) is 0 Å². The Morgan fingerprint density at radius 1 is 1.71 bits per heavy atom. The van der Waals surface area contributed by atoms with Gasteiger partial charge in [0, 0.05) is 25.5 Å². The number of rotatable bonds is 3. The van der Waals surface area contributed by atoms with Crippen molar-refractivity contribution in [2.75, 3.05) is 26.3 Å². The smallest absolute Gasteiger partial charge is 0.247 e. The lowest BCUT2D eigenvalue weighted by Crippen LogP contribution is -2.48. The molecule has 2 heterocycles. The van der Waals surface area contributed by atoms with Crippen LogP contribution in [0.4, 0.5) is 0 Å². The fourth-order valence-corrected chi connectivity index (χ4v) is 1.92. The summed E-state index contributed by atoms with van der Waals surface area (Å²) in [7, 11) is 0. The molecule has 2 atom stereocenters. The van der Waals surface area contributed by atoms with Gasteiger partial charge in [-0.1, -0.05) is 0 Å². The van der Waals surface area contributed by atoms with Gasteiger partial charge in [-0.15, -0.1) is 0 Å². The Balaban J connectivity index is 1.99. The maximum atomic E-state index is 12.2. The third kappa shape index (κ3) is 2.65. The van der Waals surface area contributed by atoms with Crippen LogP contribution in [0.1, 0.15) is 13.0 Å². The Morgan fingerprint density at radius 2 is 2.53 bits per heavy atom. The van der Waals surface area contributed by atoms with E-state index in [9.17, 15) is 4.79 Å². The van der Waals surface area contributed by atoms with E-state index in [1.165, 1.54) is 0 Å². The number of ether oxygens (including phenoxy) is 1. The Labute approximate surface area is 99.8 Å². The zero-order valence-electron chi connectivity index (χ0n) is 9.82. The van der Waals surface area contributed by atoms with Crippen molar-refractivity contribution in [3.8, 4) is 0 Å². The molecule has 94 valence electrons. The van der Waals surface area contributed by atoms with Crippen LogP contribution in [0.2, 0.25) is 0 Å². The SMILES string of the molecule is CC(C(=O)N1CCOC(CO)C1)n1cccn1. The van der Waals surface area contributed by atoms with Gasteiger partial charge in [-0.2, -0.15) is 5.10 Å². The lowest BCUT2D eigenvalue weighted by atomic mass is 10.2. The summed E-state index contributed by atoms with van der Waals surface area (Å²) < 4.78 is 6.94. The second kappa shape index (κ2) is 5.29. The highest BCUT2D eigenvalue weighted by molar-refractivity contribution is 5.80. The molecule has 1 N–H and O–H groups in total. The summed E-state index contributed by atoms with van der Waals surface area (Å²) in [5, 5.41) is 13.1. The van der Waals surface area contributed by atoms with Gasteiger partial charge in [-0.3, -0.25) is 9.48 Å². The molecule has 0 radical (unpaired) electrons. The molecule has 1 aliphatic heterocycles. The number of hydrogen-bond acceptors (Lipinski definition) is 4. The van der Waals surface area contributed by atoms with Gasteiger partial charge in [0.05, 0.1) is 19.3 Å². The fourth-order valence-electron chi connectivity index (χ4n) is 1.92. The highest BCUT2D eigenvalue weighted by atomic mass is 16.5. The van der Waals surface area contributed by atoms with Crippen LogP contribution in [0.15, 0.2) is 18.5 Å². The van der Waals surface area contributed by atoms with E-state index < -0.39 is 0 Å². The van der Waals surface area contributed by atoms with Gasteiger partial charge in [0.2, 0.25) is 5.91 Å². The minimum Gasteiger partial charge on any atom is -0.394 e. The predicted octanol–water partition coefficient (Wildman–Crippen LogP) is -0.336. The molecule has 2 unspecified atom stereocenters. The molecule has 1 fully saturated rings. The molecule has 1 aromatic rings. The molecule has 1 aromatic heterocycles. The van der Waals surface area contributed by atoms with E-state index >= 15 is 0 Å². The van der Waals surface area contributed by atoms with Crippen molar-refractivity contribution in [2.45, 2.75) is 19.1 Å². The minimum atomic E-state index is -0.317. The maximum Gasteiger partial charge on any atom is 0.247 e. The topological polar surface area (TPSA) is 67.6 Å². The van der Waals surface area contributed by atoms with Crippen LogP contribution in [0.3, 0.4) is 0 Å². The molecule has 17 heavy (non-hydrogen) atoms. The van der Waals surface area contributed by atoms with Crippen LogP contribution in [0.25, 0.3) is 0 Å². The molecule has 1 saturated heterocycles. The minimum absolute atomic E-state index is 0.00968. The number of aliphatic hydroxyl groups excluding tert-OH is 1. The predicted molar refractivity (Wildman–Crippen MR) is 60.3 cm³/mol. The van der Waals surface area contributed by atoms with Crippen LogP contribution >= 0.6 is 0 Å². The molecule has 1 aliphatic rings. The number of carbonyl (C=O) groups excluding carboxylic acids is 1. The number of amides is 1. The summed E-state index contributed by atoms with van der Waals surface area (Å²) in [5.41, 5.74) is 0. The van der Waals surface area contributed by atoms with Gasteiger partial charge < -0.3 is 14.7 Å². The van der Waals surface area contributed by atoms with Crippen molar-refractivity contribution in [2.24, 2.45) is 0 Å². The molecule has 0 saturated carbocycles. The number of aromatic nitrogens is 2. The average Bonchev–Trinajstić information content (AvgIpc) is 2.91. The maximum absolute atomic E-state index is 12.2. The Morgan fingerprint density at radius 3 is 3.18 bits per heavy atom. The Hall–Kier alpha value is -1.40. The van der Waals surface area contributed by atoms with Crippen LogP contribution in [0.5, 0.6) is 0 Å². The summed E-state index contributed by atoms with van der Waals surface area (Å²) in [6.45, 7) is 3.25. The first kappa shape index (κ1) is 12.1. The monoisotopic (exact) mass is 239 g/mol. The quantitative estimate of drug-likeness (QED) is 0.784. The van der Waals surface area contributed by atoms with Gasteiger partial charge in [-0.05, 0) is 13.0 Å². The van der Waals surface area contributed by atoms with Gasteiger partial charge in [0.1, 0.15) is 6.04 Å². The van der Waals surface area contributed by atoms with Gasteiger partial charge >= 0.3 is 0 Å². The molecule has 6 heteroatoms. The molecule has 6 nitrogen and oxygen atoms in total.